The number of nitrogens with one attached hydrogen (secondary N) is 1. The lowest BCUT2D eigenvalue weighted by Gasteiger charge is -2.34. The predicted molar refractivity (Wildman–Crippen MR) is 126 cm³/mol. The van der Waals surface area contributed by atoms with E-state index in [4.69, 9.17) is 4.74 Å². The summed E-state index contributed by atoms with van der Waals surface area (Å²) in [5.41, 5.74) is 4.64. The second-order valence-corrected chi connectivity index (χ2v) is 9.50. The van der Waals surface area contributed by atoms with Gasteiger partial charge in [-0.2, -0.15) is 0 Å². The van der Waals surface area contributed by atoms with Gasteiger partial charge in [-0.05, 0) is 47.9 Å². The highest BCUT2D eigenvalue weighted by molar-refractivity contribution is 5.86. The Labute approximate surface area is 199 Å². The number of carbonyl (C=O) groups excluding carboxylic acids is 2. The van der Waals surface area contributed by atoms with Crippen LogP contribution >= 0.6 is 0 Å². The van der Waals surface area contributed by atoms with Gasteiger partial charge in [-0.25, -0.2) is 9.59 Å². The Bertz CT molecular complexity index is 1050. The van der Waals surface area contributed by atoms with E-state index in [9.17, 15) is 19.5 Å². The van der Waals surface area contributed by atoms with E-state index in [1.807, 2.05) is 24.3 Å². The van der Waals surface area contributed by atoms with Gasteiger partial charge in [0.05, 0.1) is 5.92 Å². The summed E-state index contributed by atoms with van der Waals surface area (Å²) in [5, 5.41) is 12.4. The number of nitrogens with zero attached hydrogens (tertiary/aromatic N) is 1. The van der Waals surface area contributed by atoms with Crippen molar-refractivity contribution in [1.82, 2.24) is 10.2 Å². The van der Waals surface area contributed by atoms with E-state index < -0.39 is 24.0 Å². The lowest BCUT2D eigenvalue weighted by Crippen LogP contribution is -2.51. The number of carbonyl (C=O) groups is 3. The van der Waals surface area contributed by atoms with Gasteiger partial charge >= 0.3 is 12.1 Å². The number of amides is 2. The summed E-state index contributed by atoms with van der Waals surface area (Å²) in [5.74, 6) is -1.55. The molecule has 0 aromatic heterocycles. The molecule has 1 aliphatic heterocycles. The molecular formula is C27H30N2O5. The number of carboxylic acids is 1. The quantitative estimate of drug-likeness (QED) is 0.696. The first-order chi connectivity index (χ1) is 16.5. The largest absolute Gasteiger partial charge is 0.480 e. The number of hydrogen-bond donors (Lipinski definition) is 2. The monoisotopic (exact) mass is 462 g/mol. The topological polar surface area (TPSA) is 95.9 Å². The number of ether oxygens (including phenoxy) is 1. The maximum Gasteiger partial charge on any atom is 0.407 e. The van der Waals surface area contributed by atoms with Crippen molar-refractivity contribution in [2.75, 3.05) is 13.2 Å². The summed E-state index contributed by atoms with van der Waals surface area (Å²) >= 11 is 0. The predicted octanol–water partition coefficient (Wildman–Crippen LogP) is 4.16. The number of rotatable bonds is 5. The van der Waals surface area contributed by atoms with E-state index in [0.29, 0.717) is 32.2 Å². The van der Waals surface area contributed by atoms with Crippen LogP contribution in [0.15, 0.2) is 48.5 Å². The SMILES string of the molecule is O=C(N[C@@H]1CCCC[C@@H]1C(=O)N1CCC[C@H]1C(=O)O)OCC1c2ccccc2-c2ccccc21. The molecule has 2 aromatic carbocycles. The Kier molecular flexibility index (Phi) is 6.26. The van der Waals surface area contributed by atoms with Crippen molar-refractivity contribution < 1.29 is 24.2 Å². The fourth-order valence-corrected chi connectivity index (χ4v) is 5.89. The molecule has 5 rings (SSSR count). The van der Waals surface area contributed by atoms with E-state index in [2.05, 4.69) is 29.6 Å². The fraction of sp³-hybridized carbons (Fsp3) is 0.444. The van der Waals surface area contributed by atoms with Crippen LogP contribution in [0.25, 0.3) is 11.1 Å². The van der Waals surface area contributed by atoms with E-state index in [-0.39, 0.29) is 24.5 Å². The van der Waals surface area contributed by atoms with Gasteiger partial charge < -0.3 is 20.1 Å². The third-order valence-electron chi connectivity index (χ3n) is 7.55. The molecule has 7 heteroatoms. The van der Waals surface area contributed by atoms with Gasteiger partial charge in [0, 0.05) is 18.5 Å². The number of benzene rings is 2. The average Bonchev–Trinajstić information content (AvgIpc) is 3.46. The van der Waals surface area contributed by atoms with Crippen LogP contribution in [0, 0.1) is 5.92 Å². The third kappa shape index (κ3) is 4.15. The van der Waals surface area contributed by atoms with Crippen LogP contribution in [-0.4, -0.2) is 53.2 Å². The first-order valence-electron chi connectivity index (χ1n) is 12.2. The van der Waals surface area contributed by atoms with Crippen LogP contribution in [0.4, 0.5) is 4.79 Å². The lowest BCUT2D eigenvalue weighted by molar-refractivity contribution is -0.150. The standard InChI is InChI=1S/C27H30N2O5/c30-25(29-15-7-14-24(29)26(31)32)21-12-5-6-13-23(21)28-27(33)34-16-22-19-10-3-1-8-17(19)18-9-2-4-11-20(18)22/h1-4,8-11,21-24H,5-7,12-16H2,(H,28,33)(H,31,32)/t21-,23+,24-/m0/s1. The highest BCUT2D eigenvalue weighted by atomic mass is 16.5. The van der Waals surface area contributed by atoms with Crippen LogP contribution in [0.5, 0.6) is 0 Å². The Morgan fingerprint density at radius 3 is 2.24 bits per heavy atom. The molecule has 0 spiro atoms. The lowest BCUT2D eigenvalue weighted by atomic mass is 9.83. The number of likely N-dealkylation sites (tertiary alicyclic amines) is 1. The third-order valence-corrected chi connectivity index (χ3v) is 7.55. The molecule has 0 radical (unpaired) electrons. The van der Waals surface area contributed by atoms with Gasteiger partial charge in [0.15, 0.2) is 0 Å². The van der Waals surface area contributed by atoms with E-state index in [0.717, 1.165) is 24.0 Å². The molecule has 34 heavy (non-hydrogen) atoms. The molecule has 2 fully saturated rings. The smallest absolute Gasteiger partial charge is 0.407 e. The van der Waals surface area contributed by atoms with Crippen LogP contribution in [0.3, 0.4) is 0 Å². The van der Waals surface area contributed by atoms with Gasteiger partial charge in [-0.3, -0.25) is 4.79 Å². The van der Waals surface area contributed by atoms with Gasteiger partial charge in [0.25, 0.3) is 0 Å². The molecule has 0 unspecified atom stereocenters. The zero-order chi connectivity index (χ0) is 23.7. The summed E-state index contributed by atoms with van der Waals surface area (Å²) in [7, 11) is 0. The highest BCUT2D eigenvalue weighted by Gasteiger charge is 2.41. The van der Waals surface area contributed by atoms with E-state index in [1.54, 1.807) is 0 Å². The Morgan fingerprint density at radius 1 is 0.912 bits per heavy atom. The zero-order valence-corrected chi connectivity index (χ0v) is 19.1. The highest BCUT2D eigenvalue weighted by Crippen LogP contribution is 2.44. The summed E-state index contributed by atoms with van der Waals surface area (Å²) in [4.78, 5) is 39.1. The number of alkyl carbamates (subject to hydrolysis) is 1. The average molecular weight is 463 g/mol. The zero-order valence-electron chi connectivity index (χ0n) is 19.1. The van der Waals surface area contributed by atoms with Gasteiger partial charge in [-0.1, -0.05) is 61.4 Å². The molecule has 0 bridgehead atoms. The molecule has 178 valence electrons. The van der Waals surface area contributed by atoms with Crippen molar-refractivity contribution in [3.63, 3.8) is 0 Å². The maximum absolute atomic E-state index is 13.2. The van der Waals surface area contributed by atoms with Gasteiger partial charge in [-0.15, -0.1) is 0 Å². The number of aliphatic carboxylic acids is 1. The summed E-state index contributed by atoms with van der Waals surface area (Å²) in [6.07, 6.45) is 3.80. The molecule has 2 aromatic rings. The first kappa shape index (κ1) is 22.4. The van der Waals surface area contributed by atoms with Crippen molar-refractivity contribution in [1.29, 1.82) is 0 Å². The van der Waals surface area contributed by atoms with E-state index >= 15 is 0 Å². The summed E-state index contributed by atoms with van der Waals surface area (Å²) in [6, 6.07) is 15.3. The molecule has 2 amide bonds. The fourth-order valence-electron chi connectivity index (χ4n) is 5.89. The minimum atomic E-state index is -0.956. The number of fused-ring (bicyclic) bond motifs is 3. The molecule has 3 aliphatic rings. The second-order valence-electron chi connectivity index (χ2n) is 9.50. The van der Waals surface area contributed by atoms with Crippen molar-refractivity contribution in [2.45, 2.75) is 56.5 Å². The van der Waals surface area contributed by atoms with E-state index in [1.165, 1.54) is 16.0 Å². The Morgan fingerprint density at radius 2 is 1.56 bits per heavy atom. The summed E-state index contributed by atoms with van der Waals surface area (Å²) in [6.45, 7) is 0.683. The van der Waals surface area contributed by atoms with Crippen molar-refractivity contribution in [3.8, 4) is 11.1 Å². The minimum absolute atomic E-state index is 0.0251. The van der Waals surface area contributed by atoms with Crippen LogP contribution in [0.2, 0.25) is 0 Å². The first-order valence-corrected chi connectivity index (χ1v) is 12.2. The molecule has 1 heterocycles. The molecular weight excluding hydrogens is 432 g/mol. The summed E-state index contributed by atoms with van der Waals surface area (Å²) < 4.78 is 5.69. The Hall–Kier alpha value is -3.35. The van der Waals surface area contributed by atoms with Crippen molar-refractivity contribution in [3.05, 3.63) is 59.7 Å². The molecule has 2 aliphatic carbocycles. The molecule has 3 atom stereocenters. The molecule has 1 saturated heterocycles. The van der Waals surface area contributed by atoms with Crippen LogP contribution in [0.1, 0.15) is 55.6 Å². The minimum Gasteiger partial charge on any atom is -0.480 e. The maximum atomic E-state index is 13.2. The van der Waals surface area contributed by atoms with Crippen molar-refractivity contribution >= 4 is 18.0 Å². The number of hydrogen-bond acceptors (Lipinski definition) is 4. The second kappa shape index (κ2) is 9.49. The van der Waals surface area contributed by atoms with Crippen LogP contribution in [-0.2, 0) is 14.3 Å². The molecule has 2 N–H and O–H groups in total. The van der Waals surface area contributed by atoms with Gasteiger partial charge in [0.1, 0.15) is 12.6 Å². The Balaban J connectivity index is 1.24. The van der Waals surface area contributed by atoms with Crippen molar-refractivity contribution in [2.24, 2.45) is 5.92 Å². The van der Waals surface area contributed by atoms with Crippen LogP contribution < -0.4 is 5.32 Å². The van der Waals surface area contributed by atoms with Gasteiger partial charge in [0.2, 0.25) is 5.91 Å². The molecule has 1 saturated carbocycles. The molecule has 7 nitrogen and oxygen atoms in total. The number of carboxylic acid groups (broad SMARTS) is 1. The normalized spacial score (nSPS) is 23.8.